The molecule has 2 bridgehead atoms. The van der Waals surface area contributed by atoms with Crippen LogP contribution in [0.25, 0.3) is 0 Å². The van der Waals surface area contributed by atoms with E-state index in [1.54, 1.807) is 0 Å². The van der Waals surface area contributed by atoms with Crippen molar-refractivity contribution >= 4 is 5.97 Å². The molecule has 1 N–H and O–H groups in total. The third-order valence-corrected chi connectivity index (χ3v) is 3.43. The number of fused-ring (bicyclic) bond motifs is 1. The minimum absolute atomic E-state index is 0.0359. The van der Waals surface area contributed by atoms with Crippen LogP contribution in [0.2, 0.25) is 0 Å². The highest BCUT2D eigenvalue weighted by molar-refractivity contribution is 5.76. The van der Waals surface area contributed by atoms with Crippen LogP contribution in [0.15, 0.2) is 0 Å². The zero-order valence-corrected chi connectivity index (χ0v) is 6.06. The van der Waals surface area contributed by atoms with Gasteiger partial charge in [0.25, 0.3) is 0 Å². The van der Waals surface area contributed by atoms with Crippen LogP contribution >= 0.6 is 0 Å². The van der Waals surface area contributed by atoms with Crippen LogP contribution in [0.1, 0.15) is 12.8 Å². The maximum absolute atomic E-state index is 11.1. The smallest absolute Gasteiger partial charge is 0.309 e. The summed E-state index contributed by atoms with van der Waals surface area (Å²) in [5.74, 6) is 0.460. The van der Waals surface area contributed by atoms with Crippen molar-refractivity contribution in [2.24, 2.45) is 17.8 Å². The van der Waals surface area contributed by atoms with Crippen LogP contribution in [-0.4, -0.2) is 23.3 Å². The number of esters is 1. The quantitative estimate of drug-likeness (QED) is 0.497. The second-order valence-electron chi connectivity index (χ2n) is 3.88. The second-order valence-corrected chi connectivity index (χ2v) is 3.88. The van der Waals surface area contributed by atoms with Crippen LogP contribution in [0.3, 0.4) is 0 Å². The lowest BCUT2D eigenvalue weighted by Crippen LogP contribution is -2.20. The highest BCUT2D eigenvalue weighted by Crippen LogP contribution is 2.54. The first-order chi connectivity index (χ1) is 5.27. The summed E-state index contributed by atoms with van der Waals surface area (Å²) in [6.07, 6.45) is 1.56. The van der Waals surface area contributed by atoms with Crippen molar-refractivity contribution in [3.05, 3.63) is 0 Å². The van der Waals surface area contributed by atoms with Gasteiger partial charge in [-0.2, -0.15) is 0 Å². The number of ether oxygens (including phenoxy) is 1. The van der Waals surface area contributed by atoms with Crippen molar-refractivity contribution in [3.8, 4) is 0 Å². The maximum Gasteiger partial charge on any atom is 0.309 e. The Balaban J connectivity index is 2.05. The van der Waals surface area contributed by atoms with Gasteiger partial charge in [0.15, 0.2) is 0 Å². The molecule has 1 saturated heterocycles. The van der Waals surface area contributed by atoms with Gasteiger partial charge in [-0.05, 0) is 18.8 Å². The highest BCUT2D eigenvalue weighted by atomic mass is 16.6. The van der Waals surface area contributed by atoms with Crippen LogP contribution in [-0.2, 0) is 9.53 Å². The van der Waals surface area contributed by atoms with Gasteiger partial charge in [-0.25, -0.2) is 0 Å². The molecule has 0 spiro atoms. The van der Waals surface area contributed by atoms with Gasteiger partial charge in [0.05, 0.1) is 12.0 Å². The van der Waals surface area contributed by atoms with Gasteiger partial charge in [-0.3, -0.25) is 4.79 Å². The lowest BCUT2D eigenvalue weighted by Gasteiger charge is -2.11. The SMILES string of the molecule is O=C1O[C@@H]2C[C@@H]3C[C@H]1[C@H]2[C@@H]3O. The third kappa shape index (κ3) is 0.527. The van der Waals surface area contributed by atoms with Gasteiger partial charge < -0.3 is 9.84 Å². The first kappa shape index (κ1) is 6.00. The largest absolute Gasteiger partial charge is 0.462 e. The minimum Gasteiger partial charge on any atom is -0.462 e. The molecule has 0 aromatic heterocycles. The lowest BCUT2D eigenvalue weighted by molar-refractivity contribution is -0.143. The Morgan fingerprint density at radius 1 is 1.45 bits per heavy atom. The molecule has 1 aliphatic heterocycles. The van der Waals surface area contributed by atoms with E-state index in [0.717, 1.165) is 12.8 Å². The van der Waals surface area contributed by atoms with Gasteiger partial charge in [-0.1, -0.05) is 0 Å². The number of carbonyl (C=O) groups is 1. The fourth-order valence-corrected chi connectivity index (χ4v) is 2.96. The van der Waals surface area contributed by atoms with Crippen LogP contribution < -0.4 is 0 Å². The molecule has 3 rings (SSSR count). The highest BCUT2D eigenvalue weighted by Gasteiger charge is 2.61. The molecule has 0 amide bonds. The van der Waals surface area contributed by atoms with Gasteiger partial charge >= 0.3 is 5.97 Å². The average molecular weight is 154 g/mol. The molecule has 0 radical (unpaired) electrons. The summed E-state index contributed by atoms with van der Waals surface area (Å²) in [7, 11) is 0. The lowest BCUT2D eigenvalue weighted by atomic mass is 9.90. The molecule has 2 aliphatic carbocycles. The number of aliphatic hydroxyl groups excluding tert-OH is 1. The van der Waals surface area contributed by atoms with E-state index in [0.29, 0.717) is 5.92 Å². The van der Waals surface area contributed by atoms with E-state index < -0.39 is 0 Å². The Morgan fingerprint density at radius 3 is 2.82 bits per heavy atom. The summed E-state index contributed by atoms with van der Waals surface area (Å²) in [6, 6.07) is 0. The summed E-state index contributed by atoms with van der Waals surface area (Å²) in [5, 5.41) is 9.60. The zero-order valence-electron chi connectivity index (χ0n) is 6.06. The van der Waals surface area contributed by atoms with Crippen LogP contribution in [0, 0.1) is 17.8 Å². The van der Waals surface area contributed by atoms with Crippen molar-refractivity contribution in [3.63, 3.8) is 0 Å². The van der Waals surface area contributed by atoms with Crippen molar-refractivity contribution in [2.75, 3.05) is 0 Å². The van der Waals surface area contributed by atoms with Gasteiger partial charge in [0.2, 0.25) is 0 Å². The Kier molecular flexibility index (Phi) is 0.876. The summed E-state index contributed by atoms with van der Waals surface area (Å²) in [5.41, 5.74) is 0. The topological polar surface area (TPSA) is 46.5 Å². The monoisotopic (exact) mass is 154 g/mol. The Labute approximate surface area is 64.3 Å². The first-order valence-electron chi connectivity index (χ1n) is 4.16. The molecule has 60 valence electrons. The van der Waals surface area contributed by atoms with E-state index in [4.69, 9.17) is 4.74 Å². The second kappa shape index (κ2) is 1.61. The number of aliphatic hydroxyl groups is 1. The van der Waals surface area contributed by atoms with Gasteiger partial charge in [-0.15, -0.1) is 0 Å². The van der Waals surface area contributed by atoms with E-state index in [9.17, 15) is 9.90 Å². The molecule has 0 aromatic rings. The molecule has 2 saturated carbocycles. The summed E-state index contributed by atoms with van der Waals surface area (Å²) in [4.78, 5) is 11.1. The standard InChI is InChI=1S/C8H10O3/c9-7-3-1-4-6(7)5(2-3)11-8(4)10/h3-7,9H,1-2H2/t3-,4-,5+,6+,7+/m0/s1. The molecule has 11 heavy (non-hydrogen) atoms. The van der Waals surface area contributed by atoms with E-state index >= 15 is 0 Å². The average Bonchev–Trinajstić information content (AvgIpc) is 2.47. The number of carbonyl (C=O) groups excluding carboxylic acids is 1. The van der Waals surface area contributed by atoms with Gasteiger partial charge in [0.1, 0.15) is 6.10 Å². The van der Waals surface area contributed by atoms with Crippen molar-refractivity contribution < 1.29 is 14.6 Å². The molecule has 3 fully saturated rings. The Hall–Kier alpha value is -0.570. The Bertz CT molecular complexity index is 225. The van der Waals surface area contributed by atoms with Crippen molar-refractivity contribution in [2.45, 2.75) is 25.0 Å². The molecule has 3 heteroatoms. The fraction of sp³-hybridized carbons (Fsp3) is 0.875. The summed E-state index contributed by atoms with van der Waals surface area (Å²) in [6.45, 7) is 0. The molecule has 3 aliphatic rings. The normalized spacial score (nSPS) is 58.6. The molecule has 0 unspecified atom stereocenters. The molecule has 5 atom stereocenters. The number of hydrogen-bond donors (Lipinski definition) is 1. The van der Waals surface area contributed by atoms with E-state index in [-0.39, 0.29) is 30.0 Å². The minimum atomic E-state index is -0.253. The maximum atomic E-state index is 11.1. The number of rotatable bonds is 0. The van der Waals surface area contributed by atoms with E-state index in [1.165, 1.54) is 0 Å². The van der Waals surface area contributed by atoms with Crippen LogP contribution in [0.4, 0.5) is 0 Å². The third-order valence-electron chi connectivity index (χ3n) is 3.43. The fourth-order valence-electron chi connectivity index (χ4n) is 2.96. The van der Waals surface area contributed by atoms with E-state index in [1.807, 2.05) is 0 Å². The Morgan fingerprint density at radius 2 is 2.27 bits per heavy atom. The van der Waals surface area contributed by atoms with Crippen LogP contribution in [0.5, 0.6) is 0 Å². The zero-order chi connectivity index (χ0) is 7.59. The predicted octanol–water partition coefficient (Wildman–Crippen LogP) is -0.0713. The summed E-state index contributed by atoms with van der Waals surface area (Å²) >= 11 is 0. The number of hydrogen-bond acceptors (Lipinski definition) is 3. The first-order valence-corrected chi connectivity index (χ1v) is 4.16. The van der Waals surface area contributed by atoms with E-state index in [2.05, 4.69) is 0 Å². The van der Waals surface area contributed by atoms with Crippen molar-refractivity contribution in [1.29, 1.82) is 0 Å². The predicted molar refractivity (Wildman–Crippen MR) is 35.6 cm³/mol. The molecular weight excluding hydrogens is 144 g/mol. The van der Waals surface area contributed by atoms with Crippen molar-refractivity contribution in [1.82, 2.24) is 0 Å². The molecule has 3 nitrogen and oxygen atoms in total. The molecular formula is C8H10O3. The molecule has 1 heterocycles. The summed E-state index contributed by atoms with van der Waals surface area (Å²) < 4.78 is 5.11. The van der Waals surface area contributed by atoms with Gasteiger partial charge in [0, 0.05) is 5.92 Å². The molecule has 0 aromatic carbocycles.